The van der Waals surface area contributed by atoms with Crippen molar-refractivity contribution in [2.75, 3.05) is 19.6 Å². The second-order valence-corrected chi connectivity index (χ2v) is 3.55. The molecule has 1 aliphatic heterocycles. The fourth-order valence-electron chi connectivity index (χ4n) is 1.49. The van der Waals surface area contributed by atoms with Crippen molar-refractivity contribution in [1.29, 1.82) is 0 Å². The number of carboxylic acid groups (broad SMARTS) is 1. The first-order valence-corrected chi connectivity index (χ1v) is 4.30. The lowest BCUT2D eigenvalue weighted by molar-refractivity contribution is -0.141. The van der Waals surface area contributed by atoms with E-state index in [2.05, 4.69) is 4.90 Å². The summed E-state index contributed by atoms with van der Waals surface area (Å²) in [5, 5.41) is 8.65. The van der Waals surface area contributed by atoms with E-state index >= 15 is 0 Å². The molecule has 0 spiro atoms. The lowest BCUT2D eigenvalue weighted by Gasteiger charge is -2.17. The molecule has 1 heterocycles. The van der Waals surface area contributed by atoms with Crippen molar-refractivity contribution in [1.82, 2.24) is 4.90 Å². The second kappa shape index (κ2) is 3.87. The molecular formula is C8H16N2O2. The molecular weight excluding hydrogens is 156 g/mol. The van der Waals surface area contributed by atoms with Crippen LogP contribution in [0.1, 0.15) is 13.3 Å². The van der Waals surface area contributed by atoms with Crippen LogP contribution in [-0.4, -0.2) is 41.7 Å². The maximum Gasteiger partial charge on any atom is 0.307 e. The Morgan fingerprint density at radius 1 is 1.83 bits per heavy atom. The molecule has 2 atom stereocenters. The molecule has 0 amide bonds. The summed E-state index contributed by atoms with van der Waals surface area (Å²) in [6.45, 7) is 4.14. The van der Waals surface area contributed by atoms with Gasteiger partial charge in [0.15, 0.2) is 0 Å². The van der Waals surface area contributed by atoms with Crippen LogP contribution in [0.3, 0.4) is 0 Å². The number of hydrogen-bond acceptors (Lipinski definition) is 3. The lowest BCUT2D eigenvalue weighted by Crippen LogP contribution is -2.32. The Hall–Kier alpha value is -0.610. The van der Waals surface area contributed by atoms with Gasteiger partial charge < -0.3 is 15.7 Å². The Bertz CT molecular complexity index is 172. The third-order valence-corrected chi connectivity index (χ3v) is 2.26. The zero-order chi connectivity index (χ0) is 9.14. The summed E-state index contributed by atoms with van der Waals surface area (Å²) in [5.41, 5.74) is 5.69. The van der Waals surface area contributed by atoms with E-state index in [1.807, 2.05) is 0 Å². The van der Waals surface area contributed by atoms with E-state index in [1.165, 1.54) is 0 Å². The molecule has 1 fully saturated rings. The first kappa shape index (κ1) is 9.48. The highest BCUT2D eigenvalue weighted by Crippen LogP contribution is 2.09. The Kier molecular flexibility index (Phi) is 3.05. The van der Waals surface area contributed by atoms with Gasteiger partial charge in [0.2, 0.25) is 0 Å². The van der Waals surface area contributed by atoms with Gasteiger partial charge in [-0.1, -0.05) is 6.92 Å². The monoisotopic (exact) mass is 172 g/mol. The smallest absolute Gasteiger partial charge is 0.307 e. The third kappa shape index (κ3) is 2.46. The molecule has 0 aromatic rings. The number of carboxylic acids is 1. The number of nitrogens with zero attached hydrogens (tertiary/aromatic N) is 1. The van der Waals surface area contributed by atoms with Gasteiger partial charge in [-0.2, -0.15) is 0 Å². The second-order valence-electron chi connectivity index (χ2n) is 3.55. The van der Waals surface area contributed by atoms with Gasteiger partial charge >= 0.3 is 5.97 Å². The Balaban J connectivity index is 2.27. The van der Waals surface area contributed by atoms with E-state index < -0.39 is 5.97 Å². The fraction of sp³-hybridized carbons (Fsp3) is 0.875. The van der Waals surface area contributed by atoms with E-state index in [0.29, 0.717) is 6.54 Å². The molecule has 3 N–H and O–H groups in total. The van der Waals surface area contributed by atoms with Gasteiger partial charge in [-0.05, 0) is 13.0 Å². The number of aliphatic carboxylic acids is 1. The Labute approximate surface area is 72.3 Å². The summed E-state index contributed by atoms with van der Waals surface area (Å²) in [4.78, 5) is 12.6. The van der Waals surface area contributed by atoms with Crippen LogP contribution in [-0.2, 0) is 4.79 Å². The standard InChI is InChI=1S/C8H16N2O2/c1-6(8(11)12)4-10-3-2-7(9)5-10/h6-7H,2-5,9H2,1H3,(H,11,12). The molecule has 4 heteroatoms. The third-order valence-electron chi connectivity index (χ3n) is 2.26. The largest absolute Gasteiger partial charge is 0.481 e. The van der Waals surface area contributed by atoms with Crippen LogP contribution in [0.2, 0.25) is 0 Å². The minimum atomic E-state index is -0.726. The number of rotatable bonds is 3. The zero-order valence-electron chi connectivity index (χ0n) is 7.36. The summed E-state index contributed by atoms with van der Waals surface area (Å²) < 4.78 is 0. The van der Waals surface area contributed by atoms with Gasteiger partial charge in [0.25, 0.3) is 0 Å². The van der Waals surface area contributed by atoms with Crippen LogP contribution in [0.15, 0.2) is 0 Å². The van der Waals surface area contributed by atoms with Gasteiger partial charge in [-0.25, -0.2) is 0 Å². The van der Waals surface area contributed by atoms with Crippen molar-refractivity contribution in [3.05, 3.63) is 0 Å². The molecule has 12 heavy (non-hydrogen) atoms. The summed E-state index contributed by atoms with van der Waals surface area (Å²) in [6, 6.07) is 0.242. The van der Waals surface area contributed by atoms with Crippen LogP contribution >= 0.6 is 0 Å². The van der Waals surface area contributed by atoms with Gasteiger partial charge in [-0.3, -0.25) is 4.79 Å². The lowest BCUT2D eigenvalue weighted by atomic mass is 10.2. The van der Waals surface area contributed by atoms with Crippen molar-refractivity contribution in [3.8, 4) is 0 Å². The van der Waals surface area contributed by atoms with Crippen LogP contribution in [0.25, 0.3) is 0 Å². The Morgan fingerprint density at radius 3 is 2.92 bits per heavy atom. The quantitative estimate of drug-likeness (QED) is 0.615. The summed E-state index contributed by atoms with van der Waals surface area (Å²) in [7, 11) is 0. The van der Waals surface area contributed by atoms with Crippen LogP contribution in [0.4, 0.5) is 0 Å². The highest BCUT2D eigenvalue weighted by atomic mass is 16.4. The number of hydrogen-bond donors (Lipinski definition) is 2. The van der Waals surface area contributed by atoms with E-state index in [-0.39, 0.29) is 12.0 Å². The van der Waals surface area contributed by atoms with Gasteiger partial charge in [0.1, 0.15) is 0 Å². The summed E-state index contributed by atoms with van der Waals surface area (Å²) >= 11 is 0. The SMILES string of the molecule is CC(CN1CCC(N)C1)C(=O)O. The first-order chi connectivity index (χ1) is 5.59. The first-order valence-electron chi connectivity index (χ1n) is 4.30. The maximum absolute atomic E-state index is 10.5. The molecule has 1 aliphatic rings. The number of nitrogens with two attached hydrogens (primary N) is 1. The molecule has 0 aromatic heterocycles. The normalized spacial score (nSPS) is 27.3. The molecule has 0 radical (unpaired) electrons. The highest BCUT2D eigenvalue weighted by molar-refractivity contribution is 5.69. The average molecular weight is 172 g/mol. The van der Waals surface area contributed by atoms with Gasteiger partial charge in [-0.15, -0.1) is 0 Å². The van der Waals surface area contributed by atoms with E-state index in [4.69, 9.17) is 10.8 Å². The minimum Gasteiger partial charge on any atom is -0.481 e. The van der Waals surface area contributed by atoms with Crippen LogP contribution < -0.4 is 5.73 Å². The van der Waals surface area contributed by atoms with Crippen molar-refractivity contribution in [2.45, 2.75) is 19.4 Å². The van der Waals surface area contributed by atoms with Crippen molar-refractivity contribution < 1.29 is 9.90 Å². The molecule has 70 valence electrons. The van der Waals surface area contributed by atoms with Gasteiger partial charge in [0, 0.05) is 19.1 Å². The van der Waals surface area contributed by atoms with E-state index in [0.717, 1.165) is 19.5 Å². The van der Waals surface area contributed by atoms with Crippen molar-refractivity contribution >= 4 is 5.97 Å². The minimum absolute atomic E-state index is 0.242. The molecule has 0 aromatic carbocycles. The molecule has 4 nitrogen and oxygen atoms in total. The molecule has 0 bridgehead atoms. The van der Waals surface area contributed by atoms with E-state index in [9.17, 15) is 4.79 Å². The van der Waals surface area contributed by atoms with E-state index in [1.54, 1.807) is 6.92 Å². The predicted octanol–water partition coefficient (Wildman–Crippen LogP) is -0.260. The zero-order valence-corrected chi connectivity index (χ0v) is 7.36. The molecule has 0 saturated carbocycles. The Morgan fingerprint density at radius 2 is 2.50 bits per heavy atom. The topological polar surface area (TPSA) is 66.6 Å². The molecule has 1 saturated heterocycles. The van der Waals surface area contributed by atoms with Crippen molar-refractivity contribution in [2.24, 2.45) is 11.7 Å². The van der Waals surface area contributed by atoms with Crippen LogP contribution in [0.5, 0.6) is 0 Å². The van der Waals surface area contributed by atoms with Crippen LogP contribution in [0, 0.1) is 5.92 Å². The van der Waals surface area contributed by atoms with Gasteiger partial charge in [0.05, 0.1) is 5.92 Å². The summed E-state index contributed by atoms with van der Waals surface area (Å²) in [6.07, 6.45) is 0.992. The number of likely N-dealkylation sites (tertiary alicyclic amines) is 1. The fourth-order valence-corrected chi connectivity index (χ4v) is 1.49. The van der Waals surface area contributed by atoms with Crippen molar-refractivity contribution in [3.63, 3.8) is 0 Å². The molecule has 2 unspecified atom stereocenters. The average Bonchev–Trinajstić information content (AvgIpc) is 2.35. The maximum atomic E-state index is 10.5. The molecule has 1 rings (SSSR count). The predicted molar refractivity (Wildman–Crippen MR) is 45.8 cm³/mol. The highest BCUT2D eigenvalue weighted by Gasteiger charge is 2.22. The molecule has 0 aliphatic carbocycles. The summed E-state index contributed by atoms with van der Waals surface area (Å²) in [5.74, 6) is -1.01. The number of carbonyl (C=O) groups is 1.